The van der Waals surface area contributed by atoms with Gasteiger partial charge in [0.1, 0.15) is 5.75 Å². The highest BCUT2D eigenvalue weighted by Gasteiger charge is 2.13. The number of hydrogen-bond acceptors (Lipinski definition) is 3. The van der Waals surface area contributed by atoms with Crippen molar-refractivity contribution in [2.45, 2.75) is 25.7 Å². The average Bonchev–Trinajstić information content (AvgIpc) is 2.87. The Kier molecular flexibility index (Phi) is 3.69. The van der Waals surface area contributed by atoms with E-state index >= 15 is 0 Å². The maximum Gasteiger partial charge on any atom is 0.122 e. The fourth-order valence-corrected chi connectivity index (χ4v) is 2.89. The monoisotopic (exact) mass is 246 g/mol. The van der Waals surface area contributed by atoms with Crippen molar-refractivity contribution < 1.29 is 4.74 Å². The number of piperidine rings is 1. The van der Waals surface area contributed by atoms with Gasteiger partial charge in [-0.05, 0) is 62.0 Å². The van der Waals surface area contributed by atoms with Gasteiger partial charge in [-0.1, -0.05) is 0 Å². The Hall–Kier alpha value is -1.22. The Morgan fingerprint density at radius 2 is 2.17 bits per heavy atom. The van der Waals surface area contributed by atoms with E-state index in [0.29, 0.717) is 0 Å². The van der Waals surface area contributed by atoms with Crippen molar-refractivity contribution >= 4 is 5.69 Å². The molecule has 0 radical (unpaired) electrons. The number of benzene rings is 1. The van der Waals surface area contributed by atoms with E-state index in [1.807, 2.05) is 0 Å². The Labute approximate surface area is 109 Å². The van der Waals surface area contributed by atoms with Crippen LogP contribution < -0.4 is 15.4 Å². The fourth-order valence-electron chi connectivity index (χ4n) is 2.89. The number of nitrogens with one attached hydrogen (secondary N) is 2. The van der Waals surface area contributed by atoms with E-state index in [1.165, 1.54) is 43.6 Å². The molecule has 0 saturated carbocycles. The molecule has 98 valence electrons. The van der Waals surface area contributed by atoms with Crippen LogP contribution in [-0.2, 0) is 6.42 Å². The van der Waals surface area contributed by atoms with Crippen LogP contribution >= 0.6 is 0 Å². The molecule has 1 aromatic carbocycles. The standard InChI is InChI=1S/C15H22N2O/c1-2-15-13(6-10-18-15)11-14(1)17-9-5-12-3-7-16-8-4-12/h1-2,11-12,16-17H,3-10H2. The molecule has 1 fully saturated rings. The molecule has 3 nitrogen and oxygen atoms in total. The average molecular weight is 246 g/mol. The van der Waals surface area contributed by atoms with E-state index in [2.05, 4.69) is 28.8 Å². The van der Waals surface area contributed by atoms with E-state index in [4.69, 9.17) is 4.74 Å². The third kappa shape index (κ3) is 2.78. The first kappa shape index (κ1) is 11.8. The minimum atomic E-state index is 0.841. The molecule has 18 heavy (non-hydrogen) atoms. The van der Waals surface area contributed by atoms with E-state index in [-0.39, 0.29) is 0 Å². The molecule has 0 amide bonds. The normalized spacial score (nSPS) is 19.3. The third-order valence-electron chi connectivity index (χ3n) is 4.03. The SMILES string of the molecule is c1cc2c(cc1NCCC1CCNCC1)CCO2. The molecule has 1 saturated heterocycles. The lowest BCUT2D eigenvalue weighted by molar-refractivity contribution is 0.357. The summed E-state index contributed by atoms with van der Waals surface area (Å²) in [6.07, 6.45) is 5.01. The molecule has 0 unspecified atom stereocenters. The van der Waals surface area contributed by atoms with Crippen molar-refractivity contribution in [2.75, 3.05) is 31.6 Å². The van der Waals surface area contributed by atoms with Gasteiger partial charge in [-0.3, -0.25) is 0 Å². The maximum atomic E-state index is 5.52. The number of fused-ring (bicyclic) bond motifs is 1. The van der Waals surface area contributed by atoms with Gasteiger partial charge in [-0.2, -0.15) is 0 Å². The molecular formula is C15H22N2O. The van der Waals surface area contributed by atoms with E-state index in [9.17, 15) is 0 Å². The van der Waals surface area contributed by atoms with Crippen LogP contribution in [0.3, 0.4) is 0 Å². The molecule has 3 heteroatoms. The molecule has 1 aromatic rings. The molecule has 0 aliphatic carbocycles. The maximum absolute atomic E-state index is 5.52. The van der Waals surface area contributed by atoms with Crippen LogP contribution in [-0.4, -0.2) is 26.2 Å². The number of rotatable bonds is 4. The summed E-state index contributed by atoms with van der Waals surface area (Å²) in [7, 11) is 0. The van der Waals surface area contributed by atoms with Crippen molar-refractivity contribution in [1.29, 1.82) is 0 Å². The lowest BCUT2D eigenvalue weighted by Crippen LogP contribution is -2.28. The molecule has 0 aromatic heterocycles. The van der Waals surface area contributed by atoms with Gasteiger partial charge in [0.05, 0.1) is 6.61 Å². The second kappa shape index (κ2) is 5.61. The van der Waals surface area contributed by atoms with Crippen LogP contribution in [0.15, 0.2) is 18.2 Å². The Balaban J connectivity index is 1.48. The van der Waals surface area contributed by atoms with E-state index in [1.54, 1.807) is 0 Å². The number of anilines is 1. The van der Waals surface area contributed by atoms with Gasteiger partial charge in [0.15, 0.2) is 0 Å². The third-order valence-corrected chi connectivity index (χ3v) is 4.03. The van der Waals surface area contributed by atoms with E-state index < -0.39 is 0 Å². The number of hydrogen-bond donors (Lipinski definition) is 2. The van der Waals surface area contributed by atoms with Gasteiger partial charge in [-0.15, -0.1) is 0 Å². The minimum absolute atomic E-state index is 0.841. The Morgan fingerprint density at radius 3 is 3.06 bits per heavy atom. The molecule has 2 heterocycles. The quantitative estimate of drug-likeness (QED) is 0.856. The smallest absolute Gasteiger partial charge is 0.122 e. The van der Waals surface area contributed by atoms with Gasteiger partial charge >= 0.3 is 0 Å². The summed E-state index contributed by atoms with van der Waals surface area (Å²) in [6, 6.07) is 6.46. The van der Waals surface area contributed by atoms with Crippen LogP contribution in [0.1, 0.15) is 24.8 Å². The molecule has 0 spiro atoms. The summed E-state index contributed by atoms with van der Waals surface area (Å²) < 4.78 is 5.52. The number of ether oxygens (including phenoxy) is 1. The van der Waals surface area contributed by atoms with Crippen LogP contribution in [0.5, 0.6) is 5.75 Å². The largest absolute Gasteiger partial charge is 0.493 e. The van der Waals surface area contributed by atoms with Crippen LogP contribution in [0, 0.1) is 5.92 Å². The highest BCUT2D eigenvalue weighted by atomic mass is 16.5. The second-order valence-electron chi connectivity index (χ2n) is 5.33. The molecule has 2 aliphatic heterocycles. The highest BCUT2D eigenvalue weighted by Crippen LogP contribution is 2.28. The zero-order valence-electron chi connectivity index (χ0n) is 10.9. The lowest BCUT2D eigenvalue weighted by atomic mass is 9.95. The first-order chi connectivity index (χ1) is 8.92. The first-order valence-corrected chi connectivity index (χ1v) is 7.12. The first-order valence-electron chi connectivity index (χ1n) is 7.12. The summed E-state index contributed by atoms with van der Waals surface area (Å²) in [4.78, 5) is 0. The molecule has 0 atom stereocenters. The zero-order chi connectivity index (χ0) is 12.2. The van der Waals surface area contributed by atoms with Crippen LogP contribution in [0.25, 0.3) is 0 Å². The molecule has 2 N–H and O–H groups in total. The predicted octanol–water partition coefficient (Wildman–Crippen LogP) is 2.42. The lowest BCUT2D eigenvalue weighted by Gasteiger charge is -2.22. The summed E-state index contributed by atoms with van der Waals surface area (Å²) in [5, 5.41) is 6.96. The van der Waals surface area contributed by atoms with Gasteiger partial charge in [0, 0.05) is 18.7 Å². The molecule has 2 aliphatic rings. The predicted molar refractivity (Wildman–Crippen MR) is 74.3 cm³/mol. The van der Waals surface area contributed by atoms with Crippen LogP contribution in [0.4, 0.5) is 5.69 Å². The summed E-state index contributed by atoms with van der Waals surface area (Å²) >= 11 is 0. The van der Waals surface area contributed by atoms with Gasteiger partial charge in [0.2, 0.25) is 0 Å². The zero-order valence-corrected chi connectivity index (χ0v) is 10.9. The molecule has 0 bridgehead atoms. The van der Waals surface area contributed by atoms with Crippen molar-refractivity contribution in [3.63, 3.8) is 0 Å². The fraction of sp³-hybridized carbons (Fsp3) is 0.600. The van der Waals surface area contributed by atoms with Crippen molar-refractivity contribution in [3.8, 4) is 5.75 Å². The summed E-state index contributed by atoms with van der Waals surface area (Å²) in [5.41, 5.74) is 2.59. The Morgan fingerprint density at radius 1 is 1.28 bits per heavy atom. The summed E-state index contributed by atoms with van der Waals surface area (Å²) in [6.45, 7) is 4.32. The Bertz CT molecular complexity index is 399. The summed E-state index contributed by atoms with van der Waals surface area (Å²) in [5.74, 6) is 1.97. The van der Waals surface area contributed by atoms with Crippen molar-refractivity contribution in [3.05, 3.63) is 23.8 Å². The van der Waals surface area contributed by atoms with Gasteiger partial charge in [-0.25, -0.2) is 0 Å². The molecular weight excluding hydrogens is 224 g/mol. The van der Waals surface area contributed by atoms with Crippen molar-refractivity contribution in [1.82, 2.24) is 5.32 Å². The topological polar surface area (TPSA) is 33.3 Å². The second-order valence-corrected chi connectivity index (χ2v) is 5.33. The van der Waals surface area contributed by atoms with Gasteiger partial charge in [0.25, 0.3) is 0 Å². The minimum Gasteiger partial charge on any atom is -0.493 e. The highest BCUT2D eigenvalue weighted by molar-refractivity contribution is 5.52. The molecule has 3 rings (SSSR count). The van der Waals surface area contributed by atoms with Crippen LogP contribution in [0.2, 0.25) is 0 Å². The van der Waals surface area contributed by atoms with Crippen molar-refractivity contribution in [2.24, 2.45) is 5.92 Å². The van der Waals surface area contributed by atoms with E-state index in [0.717, 1.165) is 31.2 Å². The van der Waals surface area contributed by atoms with Gasteiger partial charge < -0.3 is 15.4 Å².